The summed E-state index contributed by atoms with van der Waals surface area (Å²) in [6.45, 7) is 0. The van der Waals surface area contributed by atoms with Crippen molar-refractivity contribution in [3.8, 4) is 0 Å². The Morgan fingerprint density at radius 2 is 0.923 bits per heavy atom. The first-order valence-corrected chi connectivity index (χ1v) is 17.9. The van der Waals surface area contributed by atoms with E-state index < -0.39 is 25.1 Å². The summed E-state index contributed by atoms with van der Waals surface area (Å²) in [6.07, 6.45) is 0. The fraction of sp³-hybridized carbons (Fsp3) is 0. The molecule has 0 heterocycles. The summed E-state index contributed by atoms with van der Waals surface area (Å²) in [5, 5.41) is 3.48. The van der Waals surface area contributed by atoms with E-state index >= 15 is 0 Å². The van der Waals surface area contributed by atoms with Gasteiger partial charge < -0.3 is 4.90 Å². The van der Waals surface area contributed by atoms with E-state index in [0.717, 1.165) is 22.2 Å². The second-order valence-corrected chi connectivity index (χ2v) is 14.2. The van der Waals surface area contributed by atoms with Crippen molar-refractivity contribution in [1.82, 2.24) is 0 Å². The maximum absolute atomic E-state index is 6.11. The number of hydrogen-bond acceptors (Lipinski definition) is 1. The van der Waals surface area contributed by atoms with Gasteiger partial charge in [-0.2, -0.15) is 22.2 Å². The van der Waals surface area contributed by atoms with Crippen molar-refractivity contribution < 1.29 is 0 Å². The van der Waals surface area contributed by atoms with Gasteiger partial charge in [0.2, 0.25) is 0 Å². The van der Waals surface area contributed by atoms with Crippen LogP contribution >= 0.6 is 44.3 Å². The molecule has 0 radical (unpaired) electrons. The van der Waals surface area contributed by atoms with Crippen LogP contribution in [0, 0.1) is 0 Å². The third kappa shape index (κ3) is 4.75. The fourth-order valence-electron chi connectivity index (χ4n) is 2.68. The second-order valence-electron chi connectivity index (χ2n) is 5.83. The zero-order chi connectivity index (χ0) is 18.5. The Labute approximate surface area is 178 Å². The Balaban J connectivity index is 2.04. The summed E-state index contributed by atoms with van der Waals surface area (Å²) in [6, 6.07) is 25.0. The molecular formula is C18H17Cl4NSi3. The standard InChI is InChI=1S/C18H17Cl4NSi3/c19-24-16-7-1-13(2-8-16)23(14-3-9-17(25-20)10-4-14)15-5-11-18(12-6-15)26(21)22/h1-12,26H,24-25H2. The van der Waals surface area contributed by atoms with E-state index in [2.05, 4.69) is 65.6 Å². The average molecular weight is 473 g/mol. The molecule has 0 atom stereocenters. The molecule has 0 spiro atoms. The number of nitrogens with zero attached hydrogens (tertiary/aromatic N) is 1. The van der Waals surface area contributed by atoms with Crippen molar-refractivity contribution in [2.24, 2.45) is 0 Å². The third-order valence-electron chi connectivity index (χ3n) is 4.10. The topological polar surface area (TPSA) is 3.24 Å². The summed E-state index contributed by atoms with van der Waals surface area (Å²) in [7, 11) is -3.20. The highest BCUT2D eigenvalue weighted by Crippen LogP contribution is 2.33. The zero-order valence-corrected chi connectivity index (χ0v) is 20.9. The summed E-state index contributed by atoms with van der Waals surface area (Å²) < 4.78 is 0. The van der Waals surface area contributed by atoms with Crippen LogP contribution in [0.4, 0.5) is 17.1 Å². The van der Waals surface area contributed by atoms with Crippen LogP contribution in [0.1, 0.15) is 0 Å². The van der Waals surface area contributed by atoms with Crippen molar-refractivity contribution in [1.29, 1.82) is 0 Å². The van der Waals surface area contributed by atoms with Gasteiger partial charge in [0.05, 0.1) is 0 Å². The van der Waals surface area contributed by atoms with Gasteiger partial charge in [-0.1, -0.05) is 36.4 Å². The monoisotopic (exact) mass is 471 g/mol. The minimum absolute atomic E-state index is 0.679. The van der Waals surface area contributed by atoms with Crippen molar-refractivity contribution >= 4 is 102 Å². The normalized spacial score (nSPS) is 11.9. The van der Waals surface area contributed by atoms with Crippen LogP contribution in [0.25, 0.3) is 0 Å². The number of halogens is 4. The van der Waals surface area contributed by atoms with E-state index in [-0.39, 0.29) is 0 Å². The Kier molecular flexibility index (Phi) is 7.28. The van der Waals surface area contributed by atoms with Gasteiger partial charge in [-0.05, 0) is 52.0 Å². The van der Waals surface area contributed by atoms with E-state index in [0.29, 0.717) is 0 Å². The van der Waals surface area contributed by atoms with E-state index in [1.807, 2.05) is 12.1 Å². The average Bonchev–Trinajstić information content (AvgIpc) is 2.69. The van der Waals surface area contributed by atoms with Gasteiger partial charge in [-0.25, -0.2) is 0 Å². The lowest BCUT2D eigenvalue weighted by Crippen LogP contribution is -2.19. The minimum Gasteiger partial charge on any atom is -0.311 e. The SMILES string of the molecule is Cl[SiH2]c1ccc(N(c2ccc([SiH2]Cl)cc2)c2ccc([SiH](Cl)Cl)cc2)cc1. The number of rotatable bonds is 6. The molecule has 1 nitrogen and oxygen atoms in total. The predicted molar refractivity (Wildman–Crippen MR) is 128 cm³/mol. The Morgan fingerprint density at radius 3 is 1.23 bits per heavy atom. The van der Waals surface area contributed by atoms with Crippen LogP contribution < -0.4 is 20.5 Å². The molecule has 0 unspecified atom stereocenters. The van der Waals surface area contributed by atoms with Crippen molar-refractivity contribution in [3.05, 3.63) is 72.8 Å². The highest BCUT2D eigenvalue weighted by molar-refractivity contribution is 7.39. The molecule has 0 saturated heterocycles. The molecular weight excluding hydrogens is 456 g/mol. The molecule has 26 heavy (non-hydrogen) atoms. The van der Waals surface area contributed by atoms with E-state index in [9.17, 15) is 0 Å². The number of benzene rings is 3. The van der Waals surface area contributed by atoms with E-state index in [1.54, 1.807) is 0 Å². The van der Waals surface area contributed by atoms with Crippen LogP contribution in [0.5, 0.6) is 0 Å². The van der Waals surface area contributed by atoms with Crippen LogP contribution in [0.2, 0.25) is 0 Å². The summed E-state index contributed by atoms with van der Waals surface area (Å²) in [5.41, 5.74) is 3.23. The largest absolute Gasteiger partial charge is 0.311 e. The van der Waals surface area contributed by atoms with Gasteiger partial charge in [0, 0.05) is 17.1 Å². The number of hydrogen-bond donors (Lipinski definition) is 0. The fourth-order valence-corrected chi connectivity index (χ4v) is 5.94. The van der Waals surface area contributed by atoms with E-state index in [4.69, 9.17) is 44.3 Å². The second kappa shape index (κ2) is 9.46. The minimum atomic E-state index is -1.84. The van der Waals surface area contributed by atoms with Crippen molar-refractivity contribution in [2.75, 3.05) is 4.90 Å². The first-order valence-electron chi connectivity index (χ1n) is 8.10. The van der Waals surface area contributed by atoms with Gasteiger partial charge in [0.15, 0.2) is 17.7 Å². The maximum atomic E-state index is 6.11. The highest BCUT2D eigenvalue weighted by atomic mass is 35.7. The third-order valence-corrected chi connectivity index (χ3v) is 9.91. The molecule has 0 amide bonds. The van der Waals surface area contributed by atoms with Crippen molar-refractivity contribution in [2.45, 2.75) is 0 Å². The smallest absolute Gasteiger partial charge is 0.266 e. The quantitative estimate of drug-likeness (QED) is 0.393. The summed E-state index contributed by atoms with van der Waals surface area (Å²) >= 11 is 24.4. The van der Waals surface area contributed by atoms with E-state index in [1.165, 1.54) is 10.4 Å². The molecule has 0 aliphatic carbocycles. The van der Waals surface area contributed by atoms with Crippen LogP contribution in [-0.4, -0.2) is 25.1 Å². The molecule has 8 heteroatoms. The molecule has 0 aliphatic rings. The molecule has 0 bridgehead atoms. The Hall–Kier alpha value is -0.729. The van der Waals surface area contributed by atoms with Crippen LogP contribution in [-0.2, 0) is 0 Å². The first kappa shape index (κ1) is 20.0. The molecule has 0 aliphatic heterocycles. The summed E-state index contributed by atoms with van der Waals surface area (Å²) in [5.74, 6) is 0. The van der Waals surface area contributed by atoms with Crippen LogP contribution in [0.15, 0.2) is 72.8 Å². The maximum Gasteiger partial charge on any atom is 0.266 e. The Morgan fingerprint density at radius 1 is 0.577 bits per heavy atom. The van der Waals surface area contributed by atoms with Gasteiger partial charge in [0.25, 0.3) is 7.42 Å². The van der Waals surface area contributed by atoms with Gasteiger partial charge in [0.1, 0.15) is 0 Å². The molecule has 0 fully saturated rings. The highest BCUT2D eigenvalue weighted by Gasteiger charge is 2.14. The van der Waals surface area contributed by atoms with Crippen molar-refractivity contribution in [3.63, 3.8) is 0 Å². The lowest BCUT2D eigenvalue weighted by atomic mass is 10.2. The molecule has 0 aromatic heterocycles. The molecule has 3 rings (SSSR count). The lowest BCUT2D eigenvalue weighted by molar-refractivity contribution is 1.29. The lowest BCUT2D eigenvalue weighted by Gasteiger charge is -2.26. The molecule has 134 valence electrons. The van der Waals surface area contributed by atoms with Crippen LogP contribution in [0.3, 0.4) is 0 Å². The molecule has 3 aromatic carbocycles. The van der Waals surface area contributed by atoms with Gasteiger partial charge in [-0.15, -0.1) is 22.2 Å². The summed E-state index contributed by atoms with van der Waals surface area (Å²) in [4.78, 5) is 2.21. The van der Waals surface area contributed by atoms with Gasteiger partial charge in [-0.3, -0.25) is 0 Å². The number of anilines is 3. The molecule has 0 N–H and O–H groups in total. The van der Waals surface area contributed by atoms with Gasteiger partial charge >= 0.3 is 0 Å². The zero-order valence-electron chi connectivity index (χ0n) is 13.9. The Bertz CT molecular complexity index is 792. The molecule has 0 saturated carbocycles. The molecule has 3 aromatic rings. The predicted octanol–water partition coefficient (Wildman–Crippen LogP) is 2.96. The first-order chi connectivity index (χ1) is 12.6.